The lowest BCUT2D eigenvalue weighted by Gasteiger charge is -2.36. The van der Waals surface area contributed by atoms with Gasteiger partial charge in [-0.05, 0) is 60.9 Å². The Morgan fingerprint density at radius 1 is 1.14 bits per heavy atom. The van der Waals surface area contributed by atoms with Gasteiger partial charge in [0.15, 0.2) is 0 Å². The Kier molecular flexibility index (Phi) is 4.61. The first-order valence-electron chi connectivity index (χ1n) is 8.99. The predicted octanol–water partition coefficient (Wildman–Crippen LogP) is 4.07. The standard InChI is InChI=1S/C20H31NO/c1-20(2,3)17-10-9-15-7-8-16(19(22)18(15)13-17)14-21-11-5-4-6-12-21/h9-10,13,16,19,22H,4-8,11-12,14H2,1-3H3/t16-,19-/m1/s1. The molecule has 2 aliphatic rings. The number of rotatable bonds is 2. The van der Waals surface area contributed by atoms with Crippen LogP contribution in [-0.4, -0.2) is 29.6 Å². The molecule has 1 aliphatic carbocycles. The second-order valence-electron chi connectivity index (χ2n) is 8.27. The molecule has 1 N–H and O–H groups in total. The molecule has 1 aromatic rings. The summed E-state index contributed by atoms with van der Waals surface area (Å²) in [6.07, 6.45) is 5.99. The van der Waals surface area contributed by atoms with Crippen LogP contribution in [0.2, 0.25) is 0 Å². The van der Waals surface area contributed by atoms with Crippen LogP contribution in [0.25, 0.3) is 0 Å². The van der Waals surface area contributed by atoms with Crippen molar-refractivity contribution in [2.75, 3.05) is 19.6 Å². The minimum absolute atomic E-state index is 0.147. The van der Waals surface area contributed by atoms with Crippen molar-refractivity contribution in [3.63, 3.8) is 0 Å². The highest BCUT2D eigenvalue weighted by atomic mass is 16.3. The van der Waals surface area contributed by atoms with Gasteiger partial charge in [-0.25, -0.2) is 0 Å². The molecule has 0 radical (unpaired) electrons. The molecule has 0 spiro atoms. The molecule has 1 heterocycles. The Hall–Kier alpha value is -0.860. The molecule has 1 fully saturated rings. The lowest BCUT2D eigenvalue weighted by Crippen LogP contribution is -2.37. The zero-order valence-electron chi connectivity index (χ0n) is 14.4. The van der Waals surface area contributed by atoms with Gasteiger partial charge in [-0.3, -0.25) is 0 Å². The van der Waals surface area contributed by atoms with E-state index >= 15 is 0 Å². The van der Waals surface area contributed by atoms with Crippen LogP contribution in [0.5, 0.6) is 0 Å². The van der Waals surface area contributed by atoms with Crippen LogP contribution >= 0.6 is 0 Å². The van der Waals surface area contributed by atoms with Crippen LogP contribution in [0.1, 0.15) is 69.2 Å². The number of aliphatic hydroxyl groups is 1. The third-order valence-electron chi connectivity index (χ3n) is 5.50. The van der Waals surface area contributed by atoms with E-state index in [-0.39, 0.29) is 11.5 Å². The third-order valence-corrected chi connectivity index (χ3v) is 5.50. The molecule has 2 heteroatoms. The van der Waals surface area contributed by atoms with Crippen molar-refractivity contribution in [1.82, 2.24) is 4.90 Å². The average molecular weight is 301 g/mol. The highest BCUT2D eigenvalue weighted by Gasteiger charge is 2.30. The molecule has 22 heavy (non-hydrogen) atoms. The second-order valence-corrected chi connectivity index (χ2v) is 8.27. The summed E-state index contributed by atoms with van der Waals surface area (Å²) in [5.41, 5.74) is 4.04. The maximum atomic E-state index is 10.9. The highest BCUT2D eigenvalue weighted by Crippen LogP contribution is 2.37. The molecule has 0 saturated carbocycles. The first-order valence-corrected chi connectivity index (χ1v) is 8.99. The number of aliphatic hydroxyl groups excluding tert-OH is 1. The molecule has 1 aliphatic heterocycles. The molecule has 3 rings (SSSR count). The topological polar surface area (TPSA) is 23.5 Å². The molecule has 0 bridgehead atoms. The summed E-state index contributed by atoms with van der Waals surface area (Å²) in [5, 5.41) is 10.9. The molecule has 122 valence electrons. The molecule has 0 amide bonds. The van der Waals surface area contributed by atoms with Crippen LogP contribution in [0.15, 0.2) is 18.2 Å². The van der Waals surface area contributed by atoms with Crippen molar-refractivity contribution in [3.8, 4) is 0 Å². The zero-order chi connectivity index (χ0) is 15.7. The highest BCUT2D eigenvalue weighted by molar-refractivity contribution is 5.38. The van der Waals surface area contributed by atoms with E-state index in [9.17, 15) is 5.11 Å². The normalized spacial score (nSPS) is 26.7. The van der Waals surface area contributed by atoms with Gasteiger partial charge in [0.1, 0.15) is 0 Å². The minimum Gasteiger partial charge on any atom is -0.388 e. The second kappa shape index (κ2) is 6.33. The van der Waals surface area contributed by atoms with Crippen LogP contribution in [-0.2, 0) is 11.8 Å². The number of piperidine rings is 1. The fourth-order valence-electron chi connectivity index (χ4n) is 3.98. The largest absolute Gasteiger partial charge is 0.388 e. The van der Waals surface area contributed by atoms with Gasteiger partial charge in [0.05, 0.1) is 6.10 Å². The first kappa shape index (κ1) is 16.0. The van der Waals surface area contributed by atoms with Crippen LogP contribution < -0.4 is 0 Å². The van der Waals surface area contributed by atoms with E-state index in [1.807, 2.05) is 0 Å². The SMILES string of the molecule is CC(C)(C)c1ccc2c(c1)[C@H](O)[C@@H](CN1CCCCC1)CC2. The number of benzene rings is 1. The summed E-state index contributed by atoms with van der Waals surface area (Å²) in [5.74, 6) is 0.404. The number of aryl methyl sites for hydroxylation is 1. The summed E-state index contributed by atoms with van der Waals surface area (Å²) in [6, 6.07) is 6.76. The van der Waals surface area contributed by atoms with Crippen molar-refractivity contribution in [1.29, 1.82) is 0 Å². The first-order chi connectivity index (χ1) is 10.4. The average Bonchev–Trinajstić information content (AvgIpc) is 2.50. The van der Waals surface area contributed by atoms with Crippen LogP contribution in [0.4, 0.5) is 0 Å². The summed E-state index contributed by atoms with van der Waals surface area (Å²) in [6.45, 7) is 10.2. The van der Waals surface area contributed by atoms with E-state index in [4.69, 9.17) is 0 Å². The minimum atomic E-state index is -0.284. The number of nitrogens with zero attached hydrogens (tertiary/aromatic N) is 1. The molecule has 2 atom stereocenters. The van der Waals surface area contributed by atoms with Crippen molar-refractivity contribution >= 4 is 0 Å². The fourth-order valence-corrected chi connectivity index (χ4v) is 3.98. The Morgan fingerprint density at radius 2 is 1.86 bits per heavy atom. The van der Waals surface area contributed by atoms with Crippen LogP contribution in [0, 0.1) is 5.92 Å². The maximum absolute atomic E-state index is 10.9. The molecule has 0 aromatic heterocycles. The van der Waals surface area contributed by atoms with Gasteiger partial charge in [-0.15, -0.1) is 0 Å². The van der Waals surface area contributed by atoms with Crippen molar-refractivity contribution in [2.24, 2.45) is 5.92 Å². The quantitative estimate of drug-likeness (QED) is 0.890. The summed E-state index contributed by atoms with van der Waals surface area (Å²) >= 11 is 0. The lowest BCUT2D eigenvalue weighted by molar-refractivity contribution is 0.0605. The number of likely N-dealkylation sites (tertiary alicyclic amines) is 1. The molecule has 1 saturated heterocycles. The summed E-state index contributed by atoms with van der Waals surface area (Å²) in [7, 11) is 0. The predicted molar refractivity (Wildman–Crippen MR) is 92.2 cm³/mol. The van der Waals surface area contributed by atoms with Crippen molar-refractivity contribution in [3.05, 3.63) is 34.9 Å². The zero-order valence-corrected chi connectivity index (χ0v) is 14.4. The van der Waals surface area contributed by atoms with E-state index in [0.29, 0.717) is 5.92 Å². The van der Waals surface area contributed by atoms with Gasteiger partial charge in [-0.1, -0.05) is 45.4 Å². The van der Waals surface area contributed by atoms with Crippen LogP contribution in [0.3, 0.4) is 0 Å². The number of hydrogen-bond acceptors (Lipinski definition) is 2. The number of hydrogen-bond donors (Lipinski definition) is 1. The molecular formula is C20H31NO. The lowest BCUT2D eigenvalue weighted by atomic mass is 9.77. The Bertz CT molecular complexity index is 511. The van der Waals surface area contributed by atoms with Crippen molar-refractivity contribution in [2.45, 2.75) is 64.4 Å². The van der Waals surface area contributed by atoms with Gasteiger partial charge in [0.2, 0.25) is 0 Å². The third kappa shape index (κ3) is 3.38. The van der Waals surface area contributed by atoms with Gasteiger partial charge in [0.25, 0.3) is 0 Å². The van der Waals surface area contributed by atoms with Crippen molar-refractivity contribution < 1.29 is 5.11 Å². The summed E-state index contributed by atoms with van der Waals surface area (Å²) in [4.78, 5) is 2.57. The fraction of sp³-hybridized carbons (Fsp3) is 0.700. The maximum Gasteiger partial charge on any atom is 0.0833 e. The number of fused-ring (bicyclic) bond motifs is 1. The van der Waals surface area contributed by atoms with E-state index in [0.717, 1.165) is 19.4 Å². The van der Waals surface area contributed by atoms with E-state index < -0.39 is 0 Å². The van der Waals surface area contributed by atoms with Gasteiger partial charge >= 0.3 is 0 Å². The molecule has 2 nitrogen and oxygen atoms in total. The Balaban J connectivity index is 1.76. The smallest absolute Gasteiger partial charge is 0.0833 e. The Morgan fingerprint density at radius 3 is 2.55 bits per heavy atom. The Labute approximate surface area is 135 Å². The molecule has 0 unspecified atom stereocenters. The molecular weight excluding hydrogens is 270 g/mol. The monoisotopic (exact) mass is 301 g/mol. The van der Waals surface area contributed by atoms with Gasteiger partial charge in [-0.2, -0.15) is 0 Å². The van der Waals surface area contributed by atoms with Gasteiger partial charge < -0.3 is 10.0 Å². The molecule has 1 aromatic carbocycles. The van der Waals surface area contributed by atoms with E-state index in [1.54, 1.807) is 0 Å². The van der Waals surface area contributed by atoms with E-state index in [2.05, 4.69) is 43.9 Å². The summed E-state index contributed by atoms with van der Waals surface area (Å²) < 4.78 is 0. The van der Waals surface area contributed by atoms with Gasteiger partial charge in [0, 0.05) is 12.5 Å². The van der Waals surface area contributed by atoms with E-state index in [1.165, 1.54) is 49.0 Å².